The topological polar surface area (TPSA) is 72.5 Å². The van der Waals surface area contributed by atoms with E-state index in [1.54, 1.807) is 0 Å². The molecule has 1 atom stereocenters. The molecule has 1 amide bonds. The van der Waals surface area contributed by atoms with E-state index < -0.39 is 0 Å². The Labute approximate surface area is 159 Å². The van der Waals surface area contributed by atoms with Crippen molar-refractivity contribution in [3.05, 3.63) is 15.6 Å². The maximum atomic E-state index is 12.3. The lowest BCUT2D eigenvalue weighted by molar-refractivity contribution is -0.180. The lowest BCUT2D eigenvalue weighted by Crippen LogP contribution is -2.46. The van der Waals surface area contributed by atoms with Crippen LogP contribution in [-0.2, 0) is 27.1 Å². The van der Waals surface area contributed by atoms with Gasteiger partial charge in [0.1, 0.15) is 5.01 Å². The summed E-state index contributed by atoms with van der Waals surface area (Å²) in [4.78, 5) is 18.5. The van der Waals surface area contributed by atoms with E-state index in [0.29, 0.717) is 19.8 Å². The molecule has 4 rings (SSSR count). The Bertz CT molecular complexity index is 608. The first kappa shape index (κ1) is 18.3. The molecule has 7 heteroatoms. The van der Waals surface area contributed by atoms with Crippen LogP contribution in [0.3, 0.4) is 0 Å². The molecular formula is C19H29N3O3S. The van der Waals surface area contributed by atoms with Gasteiger partial charge in [0.25, 0.3) is 0 Å². The van der Waals surface area contributed by atoms with Crippen molar-refractivity contribution in [1.82, 2.24) is 15.6 Å². The van der Waals surface area contributed by atoms with Gasteiger partial charge in [0.15, 0.2) is 5.79 Å². The van der Waals surface area contributed by atoms with Gasteiger partial charge in [-0.05, 0) is 45.4 Å². The second-order valence-corrected chi connectivity index (χ2v) is 8.80. The summed E-state index contributed by atoms with van der Waals surface area (Å²) in [6, 6.07) is 0.344. The van der Waals surface area contributed by atoms with Crippen molar-refractivity contribution in [3.8, 4) is 0 Å². The van der Waals surface area contributed by atoms with E-state index in [1.165, 1.54) is 23.4 Å². The summed E-state index contributed by atoms with van der Waals surface area (Å²) in [6.45, 7) is 3.81. The van der Waals surface area contributed by atoms with Crippen LogP contribution in [0.4, 0.5) is 0 Å². The van der Waals surface area contributed by atoms with Gasteiger partial charge in [-0.15, -0.1) is 11.3 Å². The van der Waals surface area contributed by atoms with E-state index in [2.05, 4.69) is 17.6 Å². The summed E-state index contributed by atoms with van der Waals surface area (Å²) in [5.41, 5.74) is 1.28. The fourth-order valence-electron chi connectivity index (χ4n) is 4.16. The molecule has 2 fully saturated rings. The Balaban J connectivity index is 1.21. The fourth-order valence-corrected chi connectivity index (χ4v) is 5.34. The van der Waals surface area contributed by atoms with Crippen molar-refractivity contribution in [2.24, 2.45) is 0 Å². The van der Waals surface area contributed by atoms with Crippen LogP contribution < -0.4 is 10.6 Å². The van der Waals surface area contributed by atoms with Crippen LogP contribution in [0.25, 0.3) is 0 Å². The smallest absolute Gasteiger partial charge is 0.234 e. The van der Waals surface area contributed by atoms with E-state index in [0.717, 1.165) is 43.5 Å². The number of fused-ring (bicyclic) bond motifs is 1. The number of nitrogens with zero attached hydrogens (tertiary/aromatic N) is 1. The van der Waals surface area contributed by atoms with E-state index in [9.17, 15) is 4.79 Å². The van der Waals surface area contributed by atoms with Crippen molar-refractivity contribution in [1.29, 1.82) is 0 Å². The zero-order valence-electron chi connectivity index (χ0n) is 15.5. The summed E-state index contributed by atoms with van der Waals surface area (Å²) < 4.78 is 11.5. The SMILES string of the molecule is C[C@H](NCC(=O)NC1CCC2(CC1)OCCO2)c1nc2c(s1)CCCC2. The summed E-state index contributed by atoms with van der Waals surface area (Å²) in [5.74, 6) is -0.301. The van der Waals surface area contributed by atoms with E-state index in [1.807, 2.05) is 11.3 Å². The zero-order valence-corrected chi connectivity index (χ0v) is 16.3. The molecule has 0 aromatic carbocycles. The molecule has 6 nitrogen and oxygen atoms in total. The minimum Gasteiger partial charge on any atom is -0.352 e. The highest BCUT2D eigenvalue weighted by Crippen LogP contribution is 2.35. The van der Waals surface area contributed by atoms with Crippen LogP contribution >= 0.6 is 11.3 Å². The predicted molar refractivity (Wildman–Crippen MR) is 100 cm³/mol. The number of hydrogen-bond acceptors (Lipinski definition) is 6. The first-order valence-electron chi connectivity index (χ1n) is 9.93. The number of rotatable bonds is 5. The normalized spacial score (nSPS) is 23.7. The van der Waals surface area contributed by atoms with Gasteiger partial charge in [-0.2, -0.15) is 0 Å². The molecule has 1 spiro atoms. The zero-order chi connectivity index (χ0) is 18.0. The standard InChI is InChI=1S/C19H29N3O3S/c1-13(18-22-15-4-2-3-5-16(15)26-18)20-12-17(23)21-14-6-8-19(9-7-14)24-10-11-25-19/h13-14,20H,2-12H2,1H3,(H,21,23)/t13-/m0/s1. The Morgan fingerprint density at radius 3 is 2.73 bits per heavy atom. The van der Waals surface area contributed by atoms with Crippen LogP contribution in [0.5, 0.6) is 0 Å². The maximum absolute atomic E-state index is 12.3. The molecule has 1 aromatic rings. The summed E-state index contributed by atoms with van der Waals surface area (Å²) in [5, 5.41) is 7.59. The Morgan fingerprint density at radius 2 is 2.00 bits per heavy atom. The van der Waals surface area contributed by atoms with Crippen LogP contribution in [0.1, 0.15) is 67.1 Å². The van der Waals surface area contributed by atoms with Gasteiger partial charge < -0.3 is 14.8 Å². The third kappa shape index (κ3) is 4.11. The highest BCUT2D eigenvalue weighted by atomic mass is 32.1. The molecule has 144 valence electrons. The third-order valence-electron chi connectivity index (χ3n) is 5.73. The molecular weight excluding hydrogens is 350 g/mol. The fraction of sp³-hybridized carbons (Fsp3) is 0.789. The van der Waals surface area contributed by atoms with Crippen molar-refractivity contribution in [3.63, 3.8) is 0 Å². The highest BCUT2D eigenvalue weighted by Gasteiger charge is 2.40. The van der Waals surface area contributed by atoms with Crippen molar-refractivity contribution >= 4 is 17.2 Å². The number of nitrogens with one attached hydrogen (secondary N) is 2. The average Bonchev–Trinajstić information content (AvgIpc) is 3.29. The van der Waals surface area contributed by atoms with Gasteiger partial charge in [-0.3, -0.25) is 10.1 Å². The number of aryl methyl sites for hydroxylation is 2. The first-order valence-corrected chi connectivity index (χ1v) is 10.7. The molecule has 1 saturated carbocycles. The van der Waals surface area contributed by atoms with Crippen LogP contribution in [0.2, 0.25) is 0 Å². The number of amides is 1. The predicted octanol–water partition coefficient (Wildman–Crippen LogP) is 2.47. The molecule has 1 saturated heterocycles. The lowest BCUT2D eigenvalue weighted by atomic mass is 9.90. The number of carbonyl (C=O) groups is 1. The number of thiazole rings is 1. The van der Waals surface area contributed by atoms with Crippen LogP contribution in [0.15, 0.2) is 0 Å². The van der Waals surface area contributed by atoms with Crippen molar-refractivity contribution < 1.29 is 14.3 Å². The minimum absolute atomic E-state index is 0.0624. The molecule has 1 aromatic heterocycles. The molecule has 1 aliphatic heterocycles. The number of carbonyl (C=O) groups excluding carboxylic acids is 1. The molecule has 3 aliphatic rings. The molecule has 0 bridgehead atoms. The Morgan fingerprint density at radius 1 is 1.27 bits per heavy atom. The maximum Gasteiger partial charge on any atom is 0.234 e. The van der Waals surface area contributed by atoms with Gasteiger partial charge in [0.2, 0.25) is 5.91 Å². The first-order chi connectivity index (χ1) is 12.6. The van der Waals surface area contributed by atoms with Gasteiger partial charge >= 0.3 is 0 Å². The van der Waals surface area contributed by atoms with E-state index >= 15 is 0 Å². The summed E-state index contributed by atoms with van der Waals surface area (Å²) >= 11 is 1.81. The van der Waals surface area contributed by atoms with Crippen LogP contribution in [-0.4, -0.2) is 42.5 Å². The Hall–Kier alpha value is -1.02. The second-order valence-electron chi connectivity index (χ2n) is 7.68. The molecule has 2 heterocycles. The van der Waals surface area contributed by atoms with E-state index in [4.69, 9.17) is 14.5 Å². The largest absolute Gasteiger partial charge is 0.352 e. The molecule has 0 unspecified atom stereocenters. The number of aromatic nitrogens is 1. The van der Waals surface area contributed by atoms with Gasteiger partial charge in [0.05, 0.1) is 31.5 Å². The van der Waals surface area contributed by atoms with Crippen molar-refractivity contribution in [2.45, 2.75) is 76.2 Å². The molecule has 2 aliphatic carbocycles. The minimum atomic E-state index is -0.363. The second kappa shape index (κ2) is 7.92. The monoisotopic (exact) mass is 379 g/mol. The van der Waals surface area contributed by atoms with Gasteiger partial charge in [-0.1, -0.05) is 0 Å². The van der Waals surface area contributed by atoms with Crippen LogP contribution in [0, 0.1) is 0 Å². The van der Waals surface area contributed by atoms with E-state index in [-0.39, 0.29) is 23.8 Å². The molecule has 2 N–H and O–H groups in total. The quantitative estimate of drug-likeness (QED) is 0.822. The number of hydrogen-bond donors (Lipinski definition) is 2. The highest BCUT2D eigenvalue weighted by molar-refractivity contribution is 7.11. The molecule has 0 radical (unpaired) electrons. The lowest BCUT2D eigenvalue weighted by Gasteiger charge is -2.35. The average molecular weight is 380 g/mol. The summed E-state index contributed by atoms with van der Waals surface area (Å²) in [6.07, 6.45) is 8.36. The van der Waals surface area contributed by atoms with Crippen molar-refractivity contribution in [2.75, 3.05) is 19.8 Å². The van der Waals surface area contributed by atoms with Gasteiger partial charge in [-0.25, -0.2) is 4.98 Å². The Kier molecular flexibility index (Phi) is 5.59. The third-order valence-corrected chi connectivity index (χ3v) is 7.07. The van der Waals surface area contributed by atoms with Gasteiger partial charge in [0, 0.05) is 23.8 Å². The summed E-state index contributed by atoms with van der Waals surface area (Å²) in [7, 11) is 0. The molecule has 26 heavy (non-hydrogen) atoms. The number of ether oxygens (including phenoxy) is 2.